The standard InChI is InChI=1S/C17H25N3O4/c1-18-16(21)13-7-10-20(11-8-13)17(22)19-9-12-24-15-6-4-3-5-14(15)23-2/h3-6,13H,7-12H2,1-2H3,(H,18,21)(H,19,22). The maximum atomic E-state index is 12.1. The number of methoxy groups -OCH3 is 1. The van der Waals surface area contributed by atoms with Crippen LogP contribution in [-0.2, 0) is 4.79 Å². The molecule has 7 nitrogen and oxygen atoms in total. The van der Waals surface area contributed by atoms with Crippen molar-refractivity contribution in [2.75, 3.05) is 40.4 Å². The number of rotatable bonds is 6. The fraction of sp³-hybridized carbons (Fsp3) is 0.529. The van der Waals surface area contributed by atoms with Crippen molar-refractivity contribution < 1.29 is 19.1 Å². The number of ether oxygens (including phenoxy) is 2. The molecule has 1 aliphatic rings. The predicted octanol–water partition coefficient (Wildman–Crippen LogP) is 1.24. The van der Waals surface area contributed by atoms with Crippen LogP contribution >= 0.6 is 0 Å². The second-order valence-electron chi connectivity index (χ2n) is 5.61. The molecular formula is C17H25N3O4. The summed E-state index contributed by atoms with van der Waals surface area (Å²) in [7, 11) is 3.23. The molecular weight excluding hydrogens is 310 g/mol. The van der Waals surface area contributed by atoms with Crippen LogP contribution in [-0.4, -0.2) is 57.2 Å². The highest BCUT2D eigenvalue weighted by Gasteiger charge is 2.26. The zero-order valence-corrected chi connectivity index (χ0v) is 14.2. The Hall–Kier alpha value is -2.44. The predicted molar refractivity (Wildman–Crippen MR) is 90.3 cm³/mol. The van der Waals surface area contributed by atoms with Gasteiger partial charge < -0.3 is 25.0 Å². The van der Waals surface area contributed by atoms with Gasteiger partial charge in [-0.1, -0.05) is 12.1 Å². The van der Waals surface area contributed by atoms with Gasteiger partial charge in [0.25, 0.3) is 0 Å². The molecule has 7 heteroatoms. The van der Waals surface area contributed by atoms with Crippen LogP contribution in [0.1, 0.15) is 12.8 Å². The van der Waals surface area contributed by atoms with E-state index in [9.17, 15) is 9.59 Å². The molecule has 1 saturated heterocycles. The van der Waals surface area contributed by atoms with Gasteiger partial charge in [-0.2, -0.15) is 0 Å². The number of carbonyl (C=O) groups excluding carboxylic acids is 2. The summed E-state index contributed by atoms with van der Waals surface area (Å²) in [5, 5.41) is 5.50. The quantitative estimate of drug-likeness (QED) is 0.767. The zero-order chi connectivity index (χ0) is 17.4. The first-order valence-electron chi connectivity index (χ1n) is 8.16. The summed E-state index contributed by atoms with van der Waals surface area (Å²) in [5.41, 5.74) is 0. The number of urea groups is 1. The Kier molecular flexibility index (Phi) is 6.72. The minimum Gasteiger partial charge on any atom is -0.493 e. The van der Waals surface area contributed by atoms with Crippen LogP contribution in [0.2, 0.25) is 0 Å². The molecule has 0 atom stereocenters. The van der Waals surface area contributed by atoms with E-state index >= 15 is 0 Å². The smallest absolute Gasteiger partial charge is 0.317 e. The molecule has 1 aliphatic heterocycles. The molecule has 1 fully saturated rings. The average Bonchev–Trinajstić information content (AvgIpc) is 2.64. The maximum Gasteiger partial charge on any atom is 0.317 e. The van der Waals surface area contributed by atoms with Crippen molar-refractivity contribution in [2.45, 2.75) is 12.8 Å². The van der Waals surface area contributed by atoms with Gasteiger partial charge in [-0.15, -0.1) is 0 Å². The number of para-hydroxylation sites is 2. The first-order chi connectivity index (χ1) is 11.7. The molecule has 0 aliphatic carbocycles. The van der Waals surface area contributed by atoms with Crippen LogP contribution in [0.5, 0.6) is 11.5 Å². The van der Waals surface area contributed by atoms with Crippen LogP contribution in [0.4, 0.5) is 4.79 Å². The summed E-state index contributed by atoms with van der Waals surface area (Å²) in [6, 6.07) is 7.27. The fourth-order valence-electron chi connectivity index (χ4n) is 2.72. The Morgan fingerprint density at radius 1 is 1.21 bits per heavy atom. The van der Waals surface area contributed by atoms with E-state index in [2.05, 4.69) is 10.6 Å². The normalized spacial score (nSPS) is 14.8. The number of likely N-dealkylation sites (tertiary alicyclic amines) is 1. The van der Waals surface area contributed by atoms with E-state index in [1.165, 1.54) is 0 Å². The summed E-state index contributed by atoms with van der Waals surface area (Å²) in [6.45, 7) is 1.96. The lowest BCUT2D eigenvalue weighted by Crippen LogP contribution is -2.47. The lowest BCUT2D eigenvalue weighted by molar-refractivity contribution is -0.125. The van der Waals surface area contributed by atoms with Crippen molar-refractivity contribution in [1.29, 1.82) is 0 Å². The second kappa shape index (κ2) is 9.00. The van der Waals surface area contributed by atoms with Gasteiger partial charge in [-0.3, -0.25) is 4.79 Å². The largest absolute Gasteiger partial charge is 0.493 e. The summed E-state index contributed by atoms with van der Waals surface area (Å²) in [4.78, 5) is 25.4. The molecule has 0 spiro atoms. The highest BCUT2D eigenvalue weighted by atomic mass is 16.5. The van der Waals surface area contributed by atoms with E-state index in [1.54, 1.807) is 19.1 Å². The second-order valence-corrected chi connectivity index (χ2v) is 5.61. The van der Waals surface area contributed by atoms with Crippen molar-refractivity contribution in [3.05, 3.63) is 24.3 Å². The van der Waals surface area contributed by atoms with Crippen molar-refractivity contribution in [3.8, 4) is 11.5 Å². The maximum absolute atomic E-state index is 12.1. The van der Waals surface area contributed by atoms with Crippen LogP contribution in [0.25, 0.3) is 0 Å². The highest BCUT2D eigenvalue weighted by molar-refractivity contribution is 5.79. The van der Waals surface area contributed by atoms with E-state index in [-0.39, 0.29) is 17.9 Å². The van der Waals surface area contributed by atoms with E-state index in [1.807, 2.05) is 24.3 Å². The summed E-state index contributed by atoms with van der Waals surface area (Å²) < 4.78 is 10.8. The Morgan fingerprint density at radius 3 is 2.50 bits per heavy atom. The molecule has 0 unspecified atom stereocenters. The van der Waals surface area contributed by atoms with Crippen molar-refractivity contribution in [2.24, 2.45) is 5.92 Å². The van der Waals surface area contributed by atoms with E-state index in [0.717, 1.165) is 0 Å². The van der Waals surface area contributed by atoms with Crippen molar-refractivity contribution in [3.63, 3.8) is 0 Å². The number of nitrogens with one attached hydrogen (secondary N) is 2. The van der Waals surface area contributed by atoms with E-state index in [0.29, 0.717) is 50.6 Å². The van der Waals surface area contributed by atoms with Crippen LogP contribution in [0.15, 0.2) is 24.3 Å². The summed E-state index contributed by atoms with van der Waals surface area (Å²) in [6.07, 6.45) is 1.40. The SMILES string of the molecule is CNC(=O)C1CCN(C(=O)NCCOc2ccccc2OC)CC1. The van der Waals surface area contributed by atoms with Crippen molar-refractivity contribution in [1.82, 2.24) is 15.5 Å². The number of hydrogen-bond acceptors (Lipinski definition) is 4. The lowest BCUT2D eigenvalue weighted by atomic mass is 9.96. The molecule has 1 aromatic rings. The molecule has 132 valence electrons. The van der Waals surface area contributed by atoms with Gasteiger partial charge >= 0.3 is 6.03 Å². The van der Waals surface area contributed by atoms with Gasteiger partial charge in [0.05, 0.1) is 13.7 Å². The number of benzene rings is 1. The zero-order valence-electron chi connectivity index (χ0n) is 14.2. The highest BCUT2D eigenvalue weighted by Crippen LogP contribution is 2.25. The van der Waals surface area contributed by atoms with E-state index in [4.69, 9.17) is 9.47 Å². The Labute approximate surface area is 142 Å². The van der Waals surface area contributed by atoms with Crippen LogP contribution in [0, 0.1) is 5.92 Å². The molecule has 24 heavy (non-hydrogen) atoms. The van der Waals surface area contributed by atoms with Gasteiger partial charge in [-0.05, 0) is 25.0 Å². The molecule has 0 bridgehead atoms. The third-order valence-electron chi connectivity index (χ3n) is 4.10. The van der Waals surface area contributed by atoms with Gasteiger partial charge in [0.2, 0.25) is 5.91 Å². The van der Waals surface area contributed by atoms with Crippen molar-refractivity contribution >= 4 is 11.9 Å². The number of carbonyl (C=O) groups is 2. The van der Waals surface area contributed by atoms with Crippen LogP contribution < -0.4 is 20.1 Å². The van der Waals surface area contributed by atoms with Gasteiger partial charge in [0, 0.05) is 26.1 Å². The molecule has 0 saturated carbocycles. The molecule has 0 radical (unpaired) electrons. The number of nitrogens with zero attached hydrogens (tertiary/aromatic N) is 1. The molecule has 0 aromatic heterocycles. The van der Waals surface area contributed by atoms with Gasteiger partial charge in [0.1, 0.15) is 6.61 Å². The molecule has 1 aromatic carbocycles. The molecule has 2 rings (SSSR count). The lowest BCUT2D eigenvalue weighted by Gasteiger charge is -2.31. The Bertz CT molecular complexity index is 557. The third kappa shape index (κ3) is 4.78. The number of piperidine rings is 1. The Morgan fingerprint density at radius 2 is 1.88 bits per heavy atom. The third-order valence-corrected chi connectivity index (χ3v) is 4.10. The van der Waals surface area contributed by atoms with Gasteiger partial charge in [-0.25, -0.2) is 4.79 Å². The minimum absolute atomic E-state index is 0.00734. The average molecular weight is 335 g/mol. The molecule has 3 amide bonds. The fourth-order valence-corrected chi connectivity index (χ4v) is 2.72. The minimum atomic E-state index is -0.117. The van der Waals surface area contributed by atoms with E-state index < -0.39 is 0 Å². The van der Waals surface area contributed by atoms with Crippen LogP contribution in [0.3, 0.4) is 0 Å². The summed E-state index contributed by atoms with van der Waals surface area (Å²) in [5.74, 6) is 1.38. The number of amides is 3. The molecule has 1 heterocycles. The summed E-state index contributed by atoms with van der Waals surface area (Å²) >= 11 is 0. The Balaban J connectivity index is 1.68. The monoisotopic (exact) mass is 335 g/mol. The topological polar surface area (TPSA) is 79.9 Å². The number of hydrogen-bond donors (Lipinski definition) is 2. The van der Waals surface area contributed by atoms with Gasteiger partial charge in [0.15, 0.2) is 11.5 Å². The first-order valence-corrected chi connectivity index (χ1v) is 8.16. The first kappa shape index (κ1) is 17.9. The molecule has 2 N–H and O–H groups in total.